The molecule has 4 aromatic rings. The van der Waals surface area contributed by atoms with E-state index in [1.165, 1.54) is 0 Å². The number of oxazole rings is 1. The van der Waals surface area contributed by atoms with Crippen molar-refractivity contribution < 1.29 is 9.21 Å². The van der Waals surface area contributed by atoms with Crippen molar-refractivity contribution in [2.45, 2.75) is 0 Å². The molecule has 0 aliphatic carbocycles. The molecule has 4 rings (SSSR count). The van der Waals surface area contributed by atoms with Crippen molar-refractivity contribution in [2.24, 2.45) is 0 Å². The van der Waals surface area contributed by atoms with E-state index in [1.54, 1.807) is 24.4 Å². The lowest BCUT2D eigenvalue weighted by Gasteiger charge is -2.03. The Balaban J connectivity index is 1.81. The van der Waals surface area contributed by atoms with Crippen LogP contribution in [0.4, 0.5) is 0 Å². The molecular weight excluding hydrogens is 280 g/mol. The fourth-order valence-corrected chi connectivity index (χ4v) is 2.45. The van der Waals surface area contributed by atoms with Crippen LogP contribution in [0.3, 0.4) is 0 Å². The molecule has 5 nitrogen and oxygen atoms in total. The van der Waals surface area contributed by atoms with Gasteiger partial charge in [0.15, 0.2) is 11.4 Å². The Morgan fingerprint density at radius 2 is 1.91 bits per heavy atom. The molecule has 0 amide bonds. The molecule has 106 valence electrons. The van der Waals surface area contributed by atoms with Gasteiger partial charge in [-0.25, -0.2) is 4.79 Å². The summed E-state index contributed by atoms with van der Waals surface area (Å²) in [5.41, 5.74) is 2.72. The SMILES string of the molecule is O=C(c1cnc2ccccc2c1)c1ccc2[nH]c(=O)oc2c1. The second kappa shape index (κ2) is 4.66. The Bertz CT molecular complexity index is 1080. The van der Waals surface area contributed by atoms with E-state index in [9.17, 15) is 9.59 Å². The van der Waals surface area contributed by atoms with Crippen molar-refractivity contribution in [3.8, 4) is 0 Å². The van der Waals surface area contributed by atoms with Gasteiger partial charge in [0.2, 0.25) is 0 Å². The summed E-state index contributed by atoms with van der Waals surface area (Å²) in [6.07, 6.45) is 1.56. The van der Waals surface area contributed by atoms with Crippen LogP contribution < -0.4 is 5.76 Å². The summed E-state index contributed by atoms with van der Waals surface area (Å²) < 4.78 is 4.99. The molecule has 0 aliphatic rings. The first-order chi connectivity index (χ1) is 10.7. The molecule has 0 fully saturated rings. The smallest absolute Gasteiger partial charge is 0.408 e. The number of H-pyrrole nitrogens is 1. The van der Waals surface area contributed by atoms with Gasteiger partial charge in [-0.05, 0) is 30.3 Å². The average molecular weight is 290 g/mol. The normalized spacial score (nSPS) is 11.1. The second-order valence-electron chi connectivity index (χ2n) is 4.97. The molecule has 22 heavy (non-hydrogen) atoms. The van der Waals surface area contributed by atoms with E-state index in [-0.39, 0.29) is 5.78 Å². The standard InChI is InChI=1S/C17H10N2O3/c20-16(11-5-6-14-15(8-11)22-17(21)19-14)12-7-10-3-1-2-4-13(10)18-9-12/h1-9H,(H,19,21). The number of hydrogen-bond donors (Lipinski definition) is 1. The van der Waals surface area contributed by atoms with Crippen molar-refractivity contribution in [3.05, 3.63) is 76.4 Å². The molecule has 2 heterocycles. The van der Waals surface area contributed by atoms with Gasteiger partial charge >= 0.3 is 5.76 Å². The highest BCUT2D eigenvalue weighted by molar-refractivity contribution is 6.11. The van der Waals surface area contributed by atoms with E-state index in [2.05, 4.69) is 9.97 Å². The molecule has 2 aromatic heterocycles. The molecule has 0 unspecified atom stereocenters. The predicted octanol–water partition coefficient (Wildman–Crippen LogP) is 2.90. The molecule has 0 radical (unpaired) electrons. The third kappa shape index (κ3) is 2.00. The van der Waals surface area contributed by atoms with Gasteiger partial charge in [-0.1, -0.05) is 18.2 Å². The van der Waals surface area contributed by atoms with Crippen molar-refractivity contribution >= 4 is 27.8 Å². The van der Waals surface area contributed by atoms with Gasteiger partial charge in [0.1, 0.15) is 0 Å². The first-order valence-electron chi connectivity index (χ1n) is 6.73. The van der Waals surface area contributed by atoms with E-state index in [1.807, 2.05) is 30.3 Å². The highest BCUT2D eigenvalue weighted by Crippen LogP contribution is 2.18. The topological polar surface area (TPSA) is 76.0 Å². The Labute approximate surface area is 124 Å². The van der Waals surface area contributed by atoms with Gasteiger partial charge in [0.25, 0.3) is 0 Å². The molecule has 1 N–H and O–H groups in total. The molecule has 0 aliphatic heterocycles. The average Bonchev–Trinajstić information content (AvgIpc) is 2.92. The first-order valence-corrected chi connectivity index (χ1v) is 6.73. The maximum Gasteiger partial charge on any atom is 0.417 e. The summed E-state index contributed by atoms with van der Waals surface area (Å²) in [5.74, 6) is -0.698. The van der Waals surface area contributed by atoms with Gasteiger partial charge in [-0.15, -0.1) is 0 Å². The van der Waals surface area contributed by atoms with Crippen molar-refractivity contribution in [2.75, 3.05) is 0 Å². The summed E-state index contributed by atoms with van der Waals surface area (Å²) in [7, 11) is 0. The summed E-state index contributed by atoms with van der Waals surface area (Å²) in [6.45, 7) is 0. The van der Waals surface area contributed by atoms with Crippen molar-refractivity contribution in [1.82, 2.24) is 9.97 Å². The van der Waals surface area contributed by atoms with E-state index >= 15 is 0 Å². The molecule has 5 heteroatoms. The highest BCUT2D eigenvalue weighted by Gasteiger charge is 2.12. The number of nitrogens with zero attached hydrogens (tertiary/aromatic N) is 1. The Hall–Kier alpha value is -3.21. The monoisotopic (exact) mass is 290 g/mol. The fraction of sp³-hybridized carbons (Fsp3) is 0. The zero-order valence-electron chi connectivity index (χ0n) is 11.4. The van der Waals surface area contributed by atoms with Crippen LogP contribution in [0, 0.1) is 0 Å². The third-order valence-electron chi connectivity index (χ3n) is 3.54. The van der Waals surface area contributed by atoms with Crippen LogP contribution in [-0.4, -0.2) is 15.8 Å². The molecule has 0 saturated heterocycles. The van der Waals surface area contributed by atoms with Crippen LogP contribution in [0.1, 0.15) is 15.9 Å². The van der Waals surface area contributed by atoms with Crippen LogP contribution in [0.5, 0.6) is 0 Å². The second-order valence-corrected chi connectivity index (χ2v) is 4.97. The number of pyridine rings is 1. The van der Waals surface area contributed by atoms with Crippen LogP contribution in [0.25, 0.3) is 22.0 Å². The Kier molecular flexibility index (Phi) is 2.66. The molecule has 0 spiro atoms. The minimum atomic E-state index is -0.535. The molecule has 2 aromatic carbocycles. The first kappa shape index (κ1) is 12.5. The van der Waals surface area contributed by atoms with E-state index < -0.39 is 5.76 Å². The van der Waals surface area contributed by atoms with Crippen LogP contribution in [-0.2, 0) is 0 Å². The number of ketones is 1. The van der Waals surface area contributed by atoms with E-state index in [0.29, 0.717) is 22.2 Å². The minimum absolute atomic E-state index is 0.163. The number of fused-ring (bicyclic) bond motifs is 2. The lowest BCUT2D eigenvalue weighted by atomic mass is 10.0. The molecular formula is C17H10N2O3. The van der Waals surface area contributed by atoms with Gasteiger partial charge in [0.05, 0.1) is 11.0 Å². The number of para-hydroxylation sites is 1. The molecule has 0 saturated carbocycles. The van der Waals surface area contributed by atoms with Gasteiger partial charge < -0.3 is 4.42 Å². The zero-order valence-corrected chi connectivity index (χ0v) is 11.4. The van der Waals surface area contributed by atoms with E-state index in [4.69, 9.17) is 4.42 Å². The minimum Gasteiger partial charge on any atom is -0.408 e. The largest absolute Gasteiger partial charge is 0.417 e. The number of aromatic nitrogens is 2. The van der Waals surface area contributed by atoms with E-state index in [0.717, 1.165) is 10.9 Å². The summed E-state index contributed by atoms with van der Waals surface area (Å²) in [6, 6.07) is 14.3. The highest BCUT2D eigenvalue weighted by atomic mass is 16.4. The number of carbonyl (C=O) groups excluding carboxylic acids is 1. The lowest BCUT2D eigenvalue weighted by molar-refractivity contribution is 0.103. The number of nitrogens with one attached hydrogen (secondary N) is 1. The molecule has 0 atom stereocenters. The van der Waals surface area contributed by atoms with Crippen LogP contribution >= 0.6 is 0 Å². The number of benzene rings is 2. The van der Waals surface area contributed by atoms with Gasteiger partial charge in [0, 0.05) is 22.7 Å². The van der Waals surface area contributed by atoms with Gasteiger partial charge in [-0.2, -0.15) is 0 Å². The number of hydrogen-bond acceptors (Lipinski definition) is 4. The fourth-order valence-electron chi connectivity index (χ4n) is 2.45. The zero-order chi connectivity index (χ0) is 15.1. The lowest BCUT2D eigenvalue weighted by Crippen LogP contribution is -2.01. The quantitative estimate of drug-likeness (QED) is 0.576. The number of rotatable bonds is 2. The Morgan fingerprint density at radius 3 is 2.82 bits per heavy atom. The van der Waals surface area contributed by atoms with Crippen LogP contribution in [0.15, 0.2) is 63.9 Å². The predicted molar refractivity (Wildman–Crippen MR) is 82.0 cm³/mol. The number of aromatic amines is 1. The van der Waals surface area contributed by atoms with Gasteiger partial charge in [-0.3, -0.25) is 14.8 Å². The van der Waals surface area contributed by atoms with Crippen molar-refractivity contribution in [1.29, 1.82) is 0 Å². The van der Waals surface area contributed by atoms with Crippen molar-refractivity contribution in [3.63, 3.8) is 0 Å². The molecule has 0 bridgehead atoms. The summed E-state index contributed by atoms with van der Waals surface area (Å²) in [5, 5.41) is 0.905. The maximum absolute atomic E-state index is 12.6. The number of carbonyl (C=O) groups is 1. The summed E-state index contributed by atoms with van der Waals surface area (Å²) in [4.78, 5) is 30.6. The summed E-state index contributed by atoms with van der Waals surface area (Å²) >= 11 is 0. The van der Waals surface area contributed by atoms with Crippen LogP contribution in [0.2, 0.25) is 0 Å². The maximum atomic E-state index is 12.6. The Morgan fingerprint density at radius 1 is 1.05 bits per heavy atom. The third-order valence-corrected chi connectivity index (χ3v) is 3.54.